The number of ether oxygens (including phenoxy) is 7. The predicted octanol–water partition coefficient (Wildman–Crippen LogP) is 10.5. The molecule has 0 aromatic heterocycles. The van der Waals surface area contributed by atoms with E-state index in [1.807, 2.05) is 6.08 Å². The second-order valence-electron chi connectivity index (χ2n) is 27.4. The van der Waals surface area contributed by atoms with E-state index in [1.54, 1.807) is 6.08 Å². The van der Waals surface area contributed by atoms with E-state index < -0.39 is 156 Å². The molecule has 2 heterocycles. The summed E-state index contributed by atoms with van der Waals surface area (Å²) in [6.45, 7) is 3.35. The molecule has 0 aromatic carbocycles. The van der Waals surface area contributed by atoms with Crippen LogP contribution in [-0.4, -0.2) is 204 Å². The molecule has 1 saturated carbocycles. The van der Waals surface area contributed by atoms with Crippen LogP contribution in [0.4, 0.5) is 0 Å². The topological polar surface area (TPSA) is 374 Å². The maximum Gasteiger partial charge on any atom is 0.472 e. The molecule has 3 fully saturated rings. The Morgan fingerprint density at radius 3 is 1.18 bits per heavy atom. The Kier molecular flexibility index (Phi) is 50.3. The molecule has 574 valence electrons. The molecule has 24 nitrogen and oxygen atoms in total. The number of aliphatic hydroxyl groups excluding tert-OH is 10. The standard InChI is InChI=1S/C73H133O24P/c1-4-7-10-13-16-19-22-25-28-31-34-37-40-43-46-49-59(77)92-54(51-89-57(75)47-44-41-38-35-32-29-26-23-20-17-14-11-8-5-2)52-91-98(87,88)97-71-69(95-72-67(85)62(80)60(78)55(50-74)93-72)65(83)64(82)66(84)70(71)96-73-68(86)63(81)61(79)56(94-73)53-90-58(76)48-45-42-39-36-33-30-27-24-21-18-15-12-9-6-3/h40,43,46,49,54-56,60-74,78-86H,4-39,41-42,44-45,47-48,50-53H2,1-3H3,(H,87,88)/b43-40+,49-46+. The average Bonchev–Trinajstić information content (AvgIpc) is 0.762. The minimum absolute atomic E-state index is 0.0284. The number of hydrogen-bond acceptors (Lipinski definition) is 23. The first-order valence-corrected chi connectivity index (χ1v) is 39.7. The van der Waals surface area contributed by atoms with Crippen LogP contribution in [0.3, 0.4) is 0 Å². The fourth-order valence-corrected chi connectivity index (χ4v) is 13.6. The SMILES string of the molecule is CCCCCCCCCCCCC/C=C/C=C/C(=O)OC(COC(=O)CCCCCCCCCCCCCCCC)COP(=O)(O)OC1C(OC2OC(CO)C(O)C(O)C2O)C(O)C(O)C(O)C1OC1OC(COC(=O)CCCCCCCCCCCCCCCC)C(O)C(O)C1O. The van der Waals surface area contributed by atoms with E-state index in [0.29, 0.717) is 12.8 Å². The number of aliphatic hydroxyl groups is 10. The number of allylic oxidation sites excluding steroid dienone is 3. The number of phosphoric acid groups is 1. The minimum atomic E-state index is -5.72. The molecule has 25 heteroatoms. The molecule has 98 heavy (non-hydrogen) atoms. The van der Waals surface area contributed by atoms with Crippen LogP contribution >= 0.6 is 7.82 Å². The summed E-state index contributed by atoms with van der Waals surface area (Å²) in [5, 5.41) is 110. The molecule has 18 atom stereocenters. The number of rotatable bonds is 59. The fraction of sp³-hybridized carbons (Fsp3) is 0.904. The molecule has 0 radical (unpaired) electrons. The van der Waals surface area contributed by atoms with Gasteiger partial charge in [-0.05, 0) is 25.7 Å². The zero-order chi connectivity index (χ0) is 71.8. The first-order valence-electron chi connectivity index (χ1n) is 38.2. The zero-order valence-corrected chi connectivity index (χ0v) is 60.7. The van der Waals surface area contributed by atoms with E-state index in [-0.39, 0.29) is 12.8 Å². The van der Waals surface area contributed by atoms with Crippen molar-refractivity contribution in [2.24, 2.45) is 0 Å². The van der Waals surface area contributed by atoms with Crippen LogP contribution in [0.1, 0.15) is 290 Å². The Hall–Kier alpha value is -2.56. The van der Waals surface area contributed by atoms with Crippen molar-refractivity contribution in [1.29, 1.82) is 0 Å². The van der Waals surface area contributed by atoms with Gasteiger partial charge in [0, 0.05) is 18.9 Å². The Balaban J connectivity index is 1.75. The Bertz CT molecular complexity index is 2120. The second-order valence-corrected chi connectivity index (χ2v) is 28.9. The highest BCUT2D eigenvalue weighted by atomic mass is 31.2. The monoisotopic (exact) mass is 1420 g/mol. The molecule has 2 saturated heterocycles. The van der Waals surface area contributed by atoms with Gasteiger partial charge in [0.2, 0.25) is 0 Å². The molecule has 1 aliphatic carbocycles. The third-order valence-corrected chi connectivity index (χ3v) is 19.8. The van der Waals surface area contributed by atoms with E-state index in [1.165, 1.54) is 160 Å². The third kappa shape index (κ3) is 37.7. The van der Waals surface area contributed by atoms with Gasteiger partial charge >= 0.3 is 25.7 Å². The first kappa shape index (κ1) is 89.7. The van der Waals surface area contributed by atoms with Crippen LogP contribution in [0.2, 0.25) is 0 Å². The normalized spacial score (nSPS) is 27.7. The van der Waals surface area contributed by atoms with Crippen LogP contribution in [0.15, 0.2) is 24.3 Å². The number of carbonyl (C=O) groups excluding carboxylic acids is 3. The number of hydrogen-bond donors (Lipinski definition) is 11. The molecule has 0 aromatic rings. The lowest BCUT2D eigenvalue weighted by atomic mass is 9.84. The Morgan fingerprint density at radius 2 is 0.776 bits per heavy atom. The molecule has 18 unspecified atom stereocenters. The summed E-state index contributed by atoms with van der Waals surface area (Å²) in [6, 6.07) is 0. The summed E-state index contributed by atoms with van der Waals surface area (Å²) in [5.41, 5.74) is 0. The van der Waals surface area contributed by atoms with Crippen LogP contribution in [0, 0.1) is 0 Å². The van der Waals surface area contributed by atoms with Crippen LogP contribution in [-0.2, 0) is 61.2 Å². The number of esters is 3. The molecule has 3 aliphatic rings. The van der Waals surface area contributed by atoms with E-state index in [4.69, 9.17) is 42.2 Å². The van der Waals surface area contributed by atoms with Gasteiger partial charge in [-0.1, -0.05) is 270 Å². The van der Waals surface area contributed by atoms with Crippen LogP contribution in [0.25, 0.3) is 0 Å². The molecule has 0 bridgehead atoms. The summed E-state index contributed by atoms with van der Waals surface area (Å²) < 4.78 is 64.8. The van der Waals surface area contributed by atoms with Gasteiger partial charge in [-0.3, -0.25) is 18.6 Å². The molecule has 3 rings (SSSR count). The fourth-order valence-electron chi connectivity index (χ4n) is 12.6. The quantitative estimate of drug-likeness (QED) is 0.00673. The molecular weight excluding hydrogens is 1290 g/mol. The maximum atomic E-state index is 14.3. The lowest BCUT2D eigenvalue weighted by Gasteiger charge is -2.49. The van der Waals surface area contributed by atoms with Crippen LogP contribution < -0.4 is 0 Å². The van der Waals surface area contributed by atoms with Gasteiger partial charge in [0.25, 0.3) is 0 Å². The smallest absolute Gasteiger partial charge is 0.463 e. The van der Waals surface area contributed by atoms with E-state index in [0.717, 1.165) is 96.0 Å². The summed E-state index contributed by atoms with van der Waals surface area (Å²) >= 11 is 0. The van der Waals surface area contributed by atoms with Crippen molar-refractivity contribution in [3.05, 3.63) is 24.3 Å². The van der Waals surface area contributed by atoms with Crippen molar-refractivity contribution < 1.29 is 117 Å². The highest BCUT2D eigenvalue weighted by molar-refractivity contribution is 7.47. The first-order chi connectivity index (χ1) is 47.3. The summed E-state index contributed by atoms with van der Waals surface area (Å²) in [4.78, 5) is 50.9. The molecule has 0 amide bonds. The van der Waals surface area contributed by atoms with Crippen molar-refractivity contribution in [2.75, 3.05) is 26.4 Å². The zero-order valence-electron chi connectivity index (χ0n) is 59.8. The van der Waals surface area contributed by atoms with E-state index in [2.05, 4.69) is 20.8 Å². The number of carbonyl (C=O) groups is 3. The van der Waals surface area contributed by atoms with Crippen molar-refractivity contribution in [2.45, 2.75) is 395 Å². The van der Waals surface area contributed by atoms with Gasteiger partial charge in [-0.15, -0.1) is 0 Å². The van der Waals surface area contributed by atoms with Gasteiger partial charge in [-0.25, -0.2) is 9.36 Å². The van der Waals surface area contributed by atoms with E-state index >= 15 is 0 Å². The van der Waals surface area contributed by atoms with Gasteiger partial charge < -0.3 is 89.1 Å². The van der Waals surface area contributed by atoms with Crippen molar-refractivity contribution in [3.63, 3.8) is 0 Å². The van der Waals surface area contributed by atoms with Crippen LogP contribution in [0.5, 0.6) is 0 Å². The Morgan fingerprint density at radius 1 is 0.418 bits per heavy atom. The second kappa shape index (κ2) is 55.0. The summed E-state index contributed by atoms with van der Waals surface area (Å²) in [5.74, 6) is -2.24. The van der Waals surface area contributed by atoms with Gasteiger partial charge in [0.05, 0.1) is 13.2 Å². The minimum Gasteiger partial charge on any atom is -0.463 e. The van der Waals surface area contributed by atoms with Crippen molar-refractivity contribution >= 4 is 25.7 Å². The lowest BCUT2D eigenvalue weighted by molar-refractivity contribution is -0.360. The third-order valence-electron chi connectivity index (χ3n) is 18.8. The summed E-state index contributed by atoms with van der Waals surface area (Å²) in [7, 11) is -5.72. The maximum absolute atomic E-state index is 14.3. The average molecular weight is 1430 g/mol. The van der Waals surface area contributed by atoms with Gasteiger partial charge in [0.15, 0.2) is 18.7 Å². The highest BCUT2D eigenvalue weighted by Crippen LogP contribution is 2.49. The lowest BCUT2D eigenvalue weighted by Crippen LogP contribution is -2.69. The molecule has 0 spiro atoms. The largest absolute Gasteiger partial charge is 0.472 e. The van der Waals surface area contributed by atoms with Crippen molar-refractivity contribution in [1.82, 2.24) is 0 Å². The molecular formula is C73H133O24P. The van der Waals surface area contributed by atoms with Gasteiger partial charge in [-0.2, -0.15) is 0 Å². The van der Waals surface area contributed by atoms with Crippen molar-refractivity contribution in [3.8, 4) is 0 Å². The molecule has 11 N–H and O–H groups in total. The predicted molar refractivity (Wildman–Crippen MR) is 370 cm³/mol. The van der Waals surface area contributed by atoms with E-state index in [9.17, 15) is 74.9 Å². The van der Waals surface area contributed by atoms with Gasteiger partial charge in [0.1, 0.15) is 98.7 Å². The summed E-state index contributed by atoms with van der Waals surface area (Å²) in [6.07, 6.45) is 15.9. The number of unbranched alkanes of at least 4 members (excludes halogenated alkanes) is 37. The Labute approximate surface area is 585 Å². The molecule has 2 aliphatic heterocycles. The number of phosphoric ester groups is 1. The highest BCUT2D eigenvalue weighted by Gasteiger charge is 2.58.